The molecule has 5 nitrogen and oxygen atoms in total. The van der Waals surface area contributed by atoms with Gasteiger partial charge in [-0.2, -0.15) is 0 Å². The van der Waals surface area contributed by atoms with Crippen molar-refractivity contribution in [3.63, 3.8) is 0 Å². The first-order valence-corrected chi connectivity index (χ1v) is 9.45. The van der Waals surface area contributed by atoms with Crippen LogP contribution in [0.3, 0.4) is 0 Å². The zero-order valence-corrected chi connectivity index (χ0v) is 16.6. The SMILES string of the molecule is CC#COc1ccc(-c2nc(-c3ccccc3C)nc(-c3ccccc3O)n2)cc1. The van der Waals surface area contributed by atoms with Crippen LogP contribution in [0, 0.1) is 19.0 Å². The summed E-state index contributed by atoms with van der Waals surface area (Å²) in [5.74, 6) is 4.92. The predicted molar refractivity (Wildman–Crippen MR) is 117 cm³/mol. The number of benzene rings is 3. The van der Waals surface area contributed by atoms with E-state index in [0.717, 1.165) is 16.7 Å². The van der Waals surface area contributed by atoms with Gasteiger partial charge in [0.15, 0.2) is 17.5 Å². The van der Waals surface area contributed by atoms with Crippen molar-refractivity contribution >= 4 is 0 Å². The molecular weight excluding hydrogens is 374 g/mol. The van der Waals surface area contributed by atoms with Crippen LogP contribution in [0.5, 0.6) is 11.5 Å². The molecule has 4 aromatic rings. The van der Waals surface area contributed by atoms with Gasteiger partial charge in [0, 0.05) is 18.1 Å². The second-order valence-corrected chi connectivity index (χ2v) is 6.62. The van der Waals surface area contributed by atoms with Crippen LogP contribution in [0.15, 0.2) is 72.8 Å². The van der Waals surface area contributed by atoms with Crippen LogP contribution in [0.25, 0.3) is 34.2 Å². The van der Waals surface area contributed by atoms with Gasteiger partial charge in [0.2, 0.25) is 0 Å². The fourth-order valence-electron chi connectivity index (χ4n) is 3.01. The highest BCUT2D eigenvalue weighted by Crippen LogP contribution is 2.30. The molecule has 0 bridgehead atoms. The summed E-state index contributed by atoms with van der Waals surface area (Å²) in [6.45, 7) is 3.73. The molecule has 146 valence electrons. The molecule has 0 amide bonds. The summed E-state index contributed by atoms with van der Waals surface area (Å²) < 4.78 is 5.32. The van der Waals surface area contributed by atoms with Crippen molar-refractivity contribution in [3.05, 3.63) is 78.4 Å². The maximum atomic E-state index is 10.3. The molecule has 0 aliphatic heterocycles. The van der Waals surface area contributed by atoms with E-state index in [4.69, 9.17) is 9.72 Å². The minimum atomic E-state index is 0.118. The Balaban J connectivity index is 1.86. The van der Waals surface area contributed by atoms with Crippen molar-refractivity contribution in [1.29, 1.82) is 0 Å². The van der Waals surface area contributed by atoms with Gasteiger partial charge in [0.05, 0.1) is 5.56 Å². The number of phenols is 1. The minimum Gasteiger partial charge on any atom is -0.507 e. The van der Waals surface area contributed by atoms with E-state index in [2.05, 4.69) is 22.0 Å². The van der Waals surface area contributed by atoms with E-state index in [9.17, 15) is 5.11 Å². The zero-order chi connectivity index (χ0) is 20.9. The molecule has 1 aromatic heterocycles. The quantitative estimate of drug-likeness (QED) is 0.480. The highest BCUT2D eigenvalue weighted by Gasteiger charge is 2.15. The van der Waals surface area contributed by atoms with Gasteiger partial charge >= 0.3 is 0 Å². The molecule has 0 saturated heterocycles. The lowest BCUT2D eigenvalue weighted by Gasteiger charge is -2.10. The van der Waals surface area contributed by atoms with Crippen molar-refractivity contribution in [2.24, 2.45) is 0 Å². The van der Waals surface area contributed by atoms with Gasteiger partial charge in [-0.3, -0.25) is 0 Å². The summed E-state index contributed by atoms with van der Waals surface area (Å²) in [5.41, 5.74) is 3.32. The minimum absolute atomic E-state index is 0.118. The number of hydrogen-bond acceptors (Lipinski definition) is 5. The standard InChI is InChI=1S/C25H19N3O2/c1-3-16-30-19-14-12-18(13-15-19)23-26-24(20-9-5-4-8-17(20)2)28-25(27-23)21-10-6-7-11-22(21)29/h4-15,29H,1-2H3. The number of aromatic hydroxyl groups is 1. The smallest absolute Gasteiger partial charge is 0.167 e. The number of ether oxygens (including phenoxy) is 1. The van der Waals surface area contributed by atoms with Crippen LogP contribution in [0.1, 0.15) is 12.5 Å². The van der Waals surface area contributed by atoms with Crippen molar-refractivity contribution in [2.45, 2.75) is 13.8 Å². The van der Waals surface area contributed by atoms with Gasteiger partial charge in [-0.15, -0.1) is 0 Å². The number of para-hydroxylation sites is 1. The Labute approximate surface area is 175 Å². The molecule has 0 aliphatic rings. The number of rotatable bonds is 4. The first-order chi connectivity index (χ1) is 14.7. The first-order valence-electron chi connectivity index (χ1n) is 9.45. The van der Waals surface area contributed by atoms with Crippen LogP contribution >= 0.6 is 0 Å². The van der Waals surface area contributed by atoms with Gasteiger partial charge in [0.25, 0.3) is 0 Å². The van der Waals surface area contributed by atoms with E-state index in [1.807, 2.05) is 61.5 Å². The molecule has 4 rings (SSSR count). The van der Waals surface area contributed by atoms with Crippen LogP contribution < -0.4 is 4.74 Å². The summed E-state index contributed by atoms with van der Waals surface area (Å²) in [5, 5.41) is 10.3. The third-order valence-corrected chi connectivity index (χ3v) is 4.55. The Morgan fingerprint density at radius 2 is 1.33 bits per heavy atom. The van der Waals surface area contributed by atoms with E-state index in [1.165, 1.54) is 0 Å². The molecule has 5 heteroatoms. The maximum absolute atomic E-state index is 10.3. The number of hydrogen-bond donors (Lipinski definition) is 1. The van der Waals surface area contributed by atoms with Gasteiger partial charge in [-0.05, 0) is 48.9 Å². The average molecular weight is 393 g/mol. The van der Waals surface area contributed by atoms with Gasteiger partial charge < -0.3 is 9.84 Å². The normalized spacial score (nSPS) is 10.2. The number of aryl methyl sites for hydroxylation is 1. The Hall–Kier alpha value is -4.17. The Morgan fingerprint density at radius 1 is 0.733 bits per heavy atom. The monoisotopic (exact) mass is 393 g/mol. The van der Waals surface area contributed by atoms with Crippen LogP contribution in [-0.4, -0.2) is 20.1 Å². The molecule has 0 atom stereocenters. The molecule has 0 spiro atoms. The first kappa shape index (κ1) is 19.2. The molecular formula is C25H19N3O2. The van der Waals surface area contributed by atoms with Crippen molar-refractivity contribution in [2.75, 3.05) is 0 Å². The molecule has 0 radical (unpaired) electrons. The predicted octanol–water partition coefficient (Wildman–Crippen LogP) is 5.25. The van der Waals surface area contributed by atoms with Crippen LogP contribution in [0.2, 0.25) is 0 Å². The molecule has 0 aliphatic carbocycles. The molecule has 0 saturated carbocycles. The lowest BCUT2D eigenvalue weighted by molar-refractivity contribution is 0.477. The van der Waals surface area contributed by atoms with E-state index < -0.39 is 0 Å². The maximum Gasteiger partial charge on any atom is 0.167 e. The lowest BCUT2D eigenvalue weighted by atomic mass is 10.1. The molecule has 1 N–H and O–H groups in total. The molecule has 30 heavy (non-hydrogen) atoms. The van der Waals surface area contributed by atoms with Gasteiger partial charge in [-0.1, -0.05) is 42.3 Å². The van der Waals surface area contributed by atoms with Crippen molar-refractivity contribution < 1.29 is 9.84 Å². The average Bonchev–Trinajstić information content (AvgIpc) is 2.78. The molecule has 0 fully saturated rings. The Kier molecular flexibility index (Phi) is 5.40. The van der Waals surface area contributed by atoms with Gasteiger partial charge in [-0.25, -0.2) is 15.0 Å². The summed E-state index contributed by atoms with van der Waals surface area (Å²) in [6.07, 6.45) is 2.58. The molecule has 0 unspecified atom stereocenters. The van der Waals surface area contributed by atoms with E-state index in [1.54, 1.807) is 25.1 Å². The summed E-state index contributed by atoms with van der Waals surface area (Å²) in [4.78, 5) is 14.0. The third kappa shape index (κ3) is 3.98. The zero-order valence-electron chi connectivity index (χ0n) is 16.6. The topological polar surface area (TPSA) is 68.1 Å². The fourth-order valence-corrected chi connectivity index (χ4v) is 3.01. The van der Waals surface area contributed by atoms with Crippen LogP contribution in [0.4, 0.5) is 0 Å². The summed E-state index contributed by atoms with van der Waals surface area (Å²) in [6, 6.07) is 22.3. The van der Waals surface area contributed by atoms with E-state index in [0.29, 0.717) is 28.8 Å². The van der Waals surface area contributed by atoms with Crippen molar-refractivity contribution in [3.8, 4) is 57.7 Å². The Morgan fingerprint density at radius 3 is 2.00 bits per heavy atom. The second-order valence-electron chi connectivity index (χ2n) is 6.62. The number of phenolic OH excluding ortho intramolecular Hbond substituents is 1. The number of nitrogens with zero attached hydrogens (tertiary/aromatic N) is 3. The molecule has 3 aromatic carbocycles. The fraction of sp³-hybridized carbons (Fsp3) is 0.0800. The summed E-state index contributed by atoms with van der Waals surface area (Å²) in [7, 11) is 0. The summed E-state index contributed by atoms with van der Waals surface area (Å²) >= 11 is 0. The van der Waals surface area contributed by atoms with Crippen molar-refractivity contribution in [1.82, 2.24) is 15.0 Å². The second kappa shape index (κ2) is 8.46. The molecule has 1 heterocycles. The third-order valence-electron chi connectivity index (χ3n) is 4.55. The van der Waals surface area contributed by atoms with E-state index in [-0.39, 0.29) is 5.75 Å². The largest absolute Gasteiger partial charge is 0.507 e. The Bertz CT molecular complexity index is 1190. The lowest BCUT2D eigenvalue weighted by Crippen LogP contribution is -2.01. The van der Waals surface area contributed by atoms with Gasteiger partial charge in [0.1, 0.15) is 17.6 Å². The van der Waals surface area contributed by atoms with E-state index >= 15 is 0 Å². The van der Waals surface area contributed by atoms with Crippen LogP contribution in [-0.2, 0) is 0 Å². The highest BCUT2D eigenvalue weighted by molar-refractivity contribution is 5.70. The number of aromatic nitrogens is 3. The highest BCUT2D eigenvalue weighted by atomic mass is 16.5.